The van der Waals surface area contributed by atoms with Gasteiger partial charge in [0.1, 0.15) is 11.6 Å². The third-order valence-corrected chi connectivity index (χ3v) is 4.71. The summed E-state index contributed by atoms with van der Waals surface area (Å²) in [6, 6.07) is 9.51. The van der Waals surface area contributed by atoms with Gasteiger partial charge in [-0.3, -0.25) is 0 Å². The van der Waals surface area contributed by atoms with E-state index in [4.69, 9.17) is 4.74 Å². The lowest BCUT2D eigenvalue weighted by atomic mass is 10.00. The highest BCUT2D eigenvalue weighted by Crippen LogP contribution is 2.39. The molecule has 0 N–H and O–H groups in total. The molecular weight excluding hydrogens is 387 g/mol. The number of hydrogen-bond acceptors (Lipinski definition) is 1. The summed E-state index contributed by atoms with van der Waals surface area (Å²) >= 11 is 6.92. The van der Waals surface area contributed by atoms with Crippen LogP contribution in [0.25, 0.3) is 0 Å². The van der Waals surface area contributed by atoms with Crippen LogP contribution in [0.4, 0.5) is 4.39 Å². The van der Waals surface area contributed by atoms with Gasteiger partial charge in [0.25, 0.3) is 0 Å². The van der Waals surface area contributed by atoms with E-state index in [1.807, 2.05) is 0 Å². The predicted molar refractivity (Wildman–Crippen MR) is 87.3 cm³/mol. The lowest BCUT2D eigenvalue weighted by Gasteiger charge is -2.17. The molecule has 0 amide bonds. The Morgan fingerprint density at radius 1 is 1.05 bits per heavy atom. The molecule has 0 aromatic heterocycles. The first-order valence-corrected chi connectivity index (χ1v) is 7.88. The highest BCUT2D eigenvalue weighted by molar-refractivity contribution is 9.10. The van der Waals surface area contributed by atoms with Crippen molar-refractivity contribution >= 4 is 31.9 Å². The fourth-order valence-electron chi connectivity index (χ4n) is 2.25. The van der Waals surface area contributed by atoms with Gasteiger partial charge in [-0.15, -0.1) is 0 Å². The predicted octanol–water partition coefficient (Wildman–Crippen LogP) is 5.70. The Morgan fingerprint density at radius 3 is 2.20 bits per heavy atom. The van der Waals surface area contributed by atoms with E-state index in [2.05, 4.69) is 63.9 Å². The van der Waals surface area contributed by atoms with Gasteiger partial charge < -0.3 is 4.74 Å². The zero-order valence-electron chi connectivity index (χ0n) is 11.5. The number of aryl methyl sites for hydroxylation is 2. The lowest BCUT2D eigenvalue weighted by molar-refractivity contribution is 0.406. The normalized spacial score (nSPS) is 12.3. The van der Waals surface area contributed by atoms with Crippen LogP contribution in [0.2, 0.25) is 0 Å². The maximum Gasteiger partial charge on any atom is 0.141 e. The maximum atomic E-state index is 13.6. The van der Waals surface area contributed by atoms with Crippen molar-refractivity contribution in [1.29, 1.82) is 0 Å². The second kappa shape index (κ2) is 6.27. The summed E-state index contributed by atoms with van der Waals surface area (Å²) in [6.07, 6.45) is 0. The van der Waals surface area contributed by atoms with Crippen LogP contribution in [0, 0.1) is 19.7 Å². The fraction of sp³-hybridized carbons (Fsp3) is 0.250. The van der Waals surface area contributed by atoms with Crippen molar-refractivity contribution in [1.82, 2.24) is 0 Å². The molecule has 106 valence electrons. The minimum Gasteiger partial charge on any atom is -0.496 e. The number of hydrogen-bond donors (Lipinski definition) is 0. The SMILES string of the molecule is COc1cc(F)c(Br)cc1C(Br)c1cc(C)cc(C)c1. The molecule has 0 aliphatic heterocycles. The van der Waals surface area contributed by atoms with E-state index in [1.54, 1.807) is 13.2 Å². The molecule has 4 heteroatoms. The monoisotopic (exact) mass is 400 g/mol. The Balaban J connectivity index is 2.52. The van der Waals surface area contributed by atoms with Gasteiger partial charge in [0.2, 0.25) is 0 Å². The highest BCUT2D eigenvalue weighted by Gasteiger charge is 2.18. The van der Waals surface area contributed by atoms with Crippen LogP contribution in [-0.2, 0) is 0 Å². The highest BCUT2D eigenvalue weighted by atomic mass is 79.9. The van der Waals surface area contributed by atoms with Crippen LogP contribution in [0.1, 0.15) is 27.1 Å². The molecule has 0 heterocycles. The molecule has 2 aromatic rings. The number of ether oxygens (including phenoxy) is 1. The Kier molecular flexibility index (Phi) is 4.86. The Labute approximate surface area is 135 Å². The van der Waals surface area contributed by atoms with E-state index < -0.39 is 0 Å². The van der Waals surface area contributed by atoms with Gasteiger partial charge >= 0.3 is 0 Å². The third-order valence-electron chi connectivity index (χ3n) is 3.08. The van der Waals surface area contributed by atoms with Gasteiger partial charge in [0.15, 0.2) is 0 Å². The quantitative estimate of drug-likeness (QED) is 0.599. The summed E-state index contributed by atoms with van der Waals surface area (Å²) in [5.41, 5.74) is 4.42. The van der Waals surface area contributed by atoms with Gasteiger partial charge in [0, 0.05) is 11.6 Å². The standard InChI is InChI=1S/C16H15Br2FO/c1-9-4-10(2)6-11(5-9)16(18)12-7-13(17)14(19)8-15(12)20-3/h4-8,16H,1-3H3. The molecule has 20 heavy (non-hydrogen) atoms. The smallest absolute Gasteiger partial charge is 0.141 e. The van der Waals surface area contributed by atoms with Crippen molar-refractivity contribution in [2.24, 2.45) is 0 Å². The minimum atomic E-state index is -0.328. The first-order valence-electron chi connectivity index (χ1n) is 6.17. The largest absolute Gasteiger partial charge is 0.496 e. The van der Waals surface area contributed by atoms with E-state index in [0.29, 0.717) is 10.2 Å². The summed E-state index contributed by atoms with van der Waals surface area (Å²) in [4.78, 5) is -0.0482. The number of rotatable bonds is 3. The van der Waals surface area contributed by atoms with Crippen molar-refractivity contribution in [3.8, 4) is 5.75 Å². The maximum absolute atomic E-state index is 13.6. The molecule has 0 bridgehead atoms. The molecule has 0 radical (unpaired) electrons. The first-order chi connectivity index (χ1) is 9.42. The molecule has 2 aromatic carbocycles. The van der Waals surface area contributed by atoms with E-state index in [-0.39, 0.29) is 10.6 Å². The molecule has 0 saturated carbocycles. The van der Waals surface area contributed by atoms with Crippen molar-refractivity contribution < 1.29 is 9.13 Å². The van der Waals surface area contributed by atoms with E-state index in [0.717, 1.165) is 11.1 Å². The first kappa shape index (κ1) is 15.5. The molecule has 0 spiro atoms. The number of benzene rings is 2. The summed E-state index contributed by atoms with van der Waals surface area (Å²) in [5, 5.41) is 0. The van der Waals surface area contributed by atoms with Crippen molar-refractivity contribution in [3.05, 3.63) is 62.9 Å². The second-order valence-electron chi connectivity index (χ2n) is 4.79. The number of halogens is 3. The van der Waals surface area contributed by atoms with Crippen molar-refractivity contribution in [2.75, 3.05) is 7.11 Å². The van der Waals surface area contributed by atoms with Crippen molar-refractivity contribution in [3.63, 3.8) is 0 Å². The van der Waals surface area contributed by atoms with Gasteiger partial charge in [0.05, 0.1) is 16.4 Å². The molecule has 0 fully saturated rings. The van der Waals surface area contributed by atoms with E-state index in [9.17, 15) is 4.39 Å². The van der Waals surface area contributed by atoms with Gasteiger partial charge in [-0.05, 0) is 41.4 Å². The fourth-order valence-corrected chi connectivity index (χ4v) is 3.24. The zero-order chi connectivity index (χ0) is 14.9. The Hall–Kier alpha value is -0.870. The lowest BCUT2D eigenvalue weighted by Crippen LogP contribution is -1.99. The summed E-state index contributed by atoms with van der Waals surface area (Å²) in [7, 11) is 1.55. The van der Waals surface area contributed by atoms with E-state index >= 15 is 0 Å². The van der Waals surface area contributed by atoms with Gasteiger partial charge in [-0.2, -0.15) is 0 Å². The van der Waals surface area contributed by atoms with Crippen LogP contribution in [0.3, 0.4) is 0 Å². The molecule has 0 aliphatic rings. The minimum absolute atomic E-state index is 0.0482. The van der Waals surface area contributed by atoms with Crippen LogP contribution in [0.15, 0.2) is 34.8 Å². The topological polar surface area (TPSA) is 9.23 Å². The van der Waals surface area contributed by atoms with Crippen LogP contribution in [-0.4, -0.2) is 7.11 Å². The summed E-state index contributed by atoms with van der Waals surface area (Å²) < 4.78 is 19.3. The average molecular weight is 402 g/mol. The molecule has 1 atom stereocenters. The molecule has 2 rings (SSSR count). The van der Waals surface area contributed by atoms with Gasteiger partial charge in [-0.25, -0.2) is 4.39 Å². The molecule has 1 nitrogen and oxygen atoms in total. The average Bonchev–Trinajstić information content (AvgIpc) is 2.39. The Morgan fingerprint density at radius 2 is 1.65 bits per heavy atom. The molecule has 0 saturated heterocycles. The van der Waals surface area contributed by atoms with Crippen LogP contribution < -0.4 is 4.74 Å². The van der Waals surface area contributed by atoms with Crippen molar-refractivity contribution in [2.45, 2.75) is 18.7 Å². The summed E-state index contributed by atoms with van der Waals surface area (Å²) in [5.74, 6) is 0.206. The molecular formula is C16H15Br2FO. The zero-order valence-corrected chi connectivity index (χ0v) is 14.7. The number of alkyl halides is 1. The molecule has 0 aliphatic carbocycles. The van der Waals surface area contributed by atoms with Crippen LogP contribution in [0.5, 0.6) is 5.75 Å². The number of methoxy groups -OCH3 is 1. The van der Waals surface area contributed by atoms with Gasteiger partial charge in [-0.1, -0.05) is 45.3 Å². The Bertz CT molecular complexity index is 620. The molecule has 1 unspecified atom stereocenters. The third kappa shape index (κ3) is 3.23. The summed E-state index contributed by atoms with van der Waals surface area (Å²) in [6.45, 7) is 4.13. The second-order valence-corrected chi connectivity index (χ2v) is 6.56. The van der Waals surface area contributed by atoms with E-state index in [1.165, 1.54) is 17.2 Å². The van der Waals surface area contributed by atoms with Crippen LogP contribution >= 0.6 is 31.9 Å².